The molecule has 0 aliphatic heterocycles. The van der Waals surface area contributed by atoms with Gasteiger partial charge in [-0.05, 0) is 0 Å². The summed E-state index contributed by atoms with van der Waals surface area (Å²) in [5.41, 5.74) is 0. The number of nitrogens with zero attached hydrogens (tertiary/aromatic N) is 2. The van der Waals surface area contributed by atoms with Crippen LogP contribution in [0.4, 0.5) is 0 Å². The van der Waals surface area contributed by atoms with Crippen molar-refractivity contribution in [1.82, 2.24) is 10.4 Å². The highest BCUT2D eigenvalue weighted by Gasteiger charge is 2.12. The fourth-order valence-corrected chi connectivity index (χ4v) is 0.570. The van der Waals surface area contributed by atoms with E-state index in [9.17, 15) is 8.42 Å². The second-order valence-corrected chi connectivity index (χ2v) is 2.59. The van der Waals surface area contributed by atoms with E-state index in [0.29, 0.717) is 0 Å². The van der Waals surface area contributed by atoms with Gasteiger partial charge in [-0.2, -0.15) is 8.42 Å². The van der Waals surface area contributed by atoms with Gasteiger partial charge in [-0.3, -0.25) is 4.55 Å². The Balaban J connectivity index is 3.20. The van der Waals surface area contributed by atoms with Gasteiger partial charge < -0.3 is 4.52 Å². The summed E-state index contributed by atoms with van der Waals surface area (Å²) in [6, 6.07) is 0. The van der Waals surface area contributed by atoms with Gasteiger partial charge in [-0.15, -0.1) is 0 Å². The van der Waals surface area contributed by atoms with Crippen molar-refractivity contribution in [2.75, 3.05) is 0 Å². The predicted molar refractivity (Wildman–Crippen MR) is 24.1 cm³/mol. The van der Waals surface area contributed by atoms with Gasteiger partial charge >= 0.3 is 10.1 Å². The number of aromatic nitrogens is 2. The van der Waals surface area contributed by atoms with Crippen LogP contribution >= 0.6 is 0 Å². The Bertz CT molecular complexity index is 274. The van der Waals surface area contributed by atoms with Crippen molar-refractivity contribution >= 4 is 10.1 Å². The van der Waals surface area contributed by atoms with Crippen LogP contribution in [0.15, 0.2) is 15.8 Å². The smallest absolute Gasteiger partial charge is 0.317 e. The third kappa shape index (κ3) is 1.24. The molecular weight excluding hydrogens is 148 g/mol. The van der Waals surface area contributed by atoms with Crippen molar-refractivity contribution in [3.63, 3.8) is 0 Å². The maximum Gasteiger partial charge on any atom is 0.317 e. The highest BCUT2D eigenvalue weighted by Crippen LogP contribution is 1.99. The fourth-order valence-electron chi connectivity index (χ4n) is 0.268. The fraction of sp³-hybridized carbons (Fsp3) is 0. The number of rotatable bonds is 1. The summed E-state index contributed by atoms with van der Waals surface area (Å²) in [5, 5.41) is 5.18. The second kappa shape index (κ2) is 1.78. The first-order valence-corrected chi connectivity index (χ1v) is 3.29. The van der Waals surface area contributed by atoms with Gasteiger partial charge in [0.05, 0.1) is 0 Å². The Hall–Kier alpha value is -0.950. The maximum atomic E-state index is 10.1. The number of hydrogen-bond donors (Lipinski definition) is 1. The van der Waals surface area contributed by atoms with Crippen LogP contribution in [0.2, 0.25) is 0 Å². The summed E-state index contributed by atoms with van der Waals surface area (Å²) in [7, 11) is -4.23. The van der Waals surface area contributed by atoms with Crippen LogP contribution in [-0.4, -0.2) is 23.3 Å². The summed E-state index contributed by atoms with van der Waals surface area (Å²) in [6.45, 7) is 0. The molecule has 0 radical (unpaired) electrons. The highest BCUT2D eigenvalue weighted by molar-refractivity contribution is 7.85. The van der Waals surface area contributed by atoms with E-state index in [1.165, 1.54) is 0 Å². The Morgan fingerprint density at radius 3 is 2.56 bits per heavy atom. The van der Waals surface area contributed by atoms with Crippen molar-refractivity contribution < 1.29 is 17.5 Å². The van der Waals surface area contributed by atoms with Crippen molar-refractivity contribution in [3.8, 4) is 0 Å². The maximum absolute atomic E-state index is 10.1. The third-order valence-corrected chi connectivity index (χ3v) is 1.31. The van der Waals surface area contributed by atoms with Gasteiger partial charge in [0.2, 0.25) is 5.03 Å². The van der Waals surface area contributed by atoms with Gasteiger partial charge in [-0.25, -0.2) is 0 Å². The van der Waals surface area contributed by atoms with E-state index in [2.05, 4.69) is 14.9 Å². The molecule has 0 aromatic carbocycles. The van der Waals surface area contributed by atoms with Crippen LogP contribution in [0, 0.1) is 0 Å². The van der Waals surface area contributed by atoms with E-state index in [-0.39, 0.29) is 0 Å². The lowest BCUT2D eigenvalue weighted by Gasteiger charge is -1.80. The molecule has 0 saturated carbocycles. The lowest BCUT2D eigenvalue weighted by molar-refractivity contribution is 0.392. The van der Waals surface area contributed by atoms with Crippen LogP contribution in [0.5, 0.6) is 0 Å². The zero-order chi connectivity index (χ0) is 6.91. The van der Waals surface area contributed by atoms with Crippen LogP contribution in [0.25, 0.3) is 0 Å². The zero-order valence-corrected chi connectivity index (χ0v) is 4.87. The van der Waals surface area contributed by atoms with E-state index < -0.39 is 15.1 Å². The summed E-state index contributed by atoms with van der Waals surface area (Å²) >= 11 is 0. The largest absolute Gasteiger partial charge is 0.344 e. The lowest BCUT2D eigenvalue weighted by Crippen LogP contribution is -1.97. The van der Waals surface area contributed by atoms with Gasteiger partial charge in [0, 0.05) is 5.27 Å². The van der Waals surface area contributed by atoms with Crippen LogP contribution in [-0.2, 0) is 10.1 Å². The third-order valence-electron chi connectivity index (χ3n) is 0.604. The Kier molecular flexibility index (Phi) is 1.22. The molecule has 1 aromatic heterocycles. The Morgan fingerprint density at radius 1 is 1.67 bits per heavy atom. The molecule has 0 saturated heterocycles. The molecule has 9 heavy (non-hydrogen) atoms. The molecule has 1 rings (SSSR count). The molecule has 50 valence electrons. The molecule has 0 aliphatic carbocycles. The average Bonchev–Trinajstić information content (AvgIpc) is 2.08. The lowest BCUT2D eigenvalue weighted by atomic mass is 11.0. The molecule has 0 spiro atoms. The first-order valence-electron chi connectivity index (χ1n) is 1.85. The molecule has 1 heterocycles. The van der Waals surface area contributed by atoms with E-state index in [4.69, 9.17) is 4.55 Å². The van der Waals surface area contributed by atoms with Crippen molar-refractivity contribution in [3.05, 3.63) is 6.26 Å². The summed E-state index contributed by atoms with van der Waals surface area (Å²) < 4.78 is 32.4. The molecule has 0 amide bonds. The molecule has 1 aromatic rings. The molecule has 6 nitrogen and oxygen atoms in total. The molecule has 0 aliphatic rings. The monoisotopic (exact) mass is 150 g/mol. The minimum absolute atomic E-state index is 0.581. The SMILES string of the molecule is O=S(=O)(O)c1conn1. The summed E-state index contributed by atoms with van der Waals surface area (Å²) in [6.07, 6.45) is 0.731. The van der Waals surface area contributed by atoms with Crippen molar-refractivity contribution in [1.29, 1.82) is 0 Å². The van der Waals surface area contributed by atoms with Crippen LogP contribution in [0.1, 0.15) is 0 Å². The standard InChI is InChI=1S/C2H2N2O4S/c5-9(6,7)2-1-8-4-3-2/h1H,(H,5,6,7). The minimum atomic E-state index is -4.23. The second-order valence-electron chi connectivity index (χ2n) is 1.22. The molecule has 7 heteroatoms. The molecule has 0 bridgehead atoms. The van der Waals surface area contributed by atoms with Crippen molar-refractivity contribution in [2.24, 2.45) is 0 Å². The average molecular weight is 150 g/mol. The summed E-state index contributed by atoms with van der Waals surface area (Å²) in [4.78, 5) is 0. The summed E-state index contributed by atoms with van der Waals surface area (Å²) in [5.74, 6) is 0. The van der Waals surface area contributed by atoms with Gasteiger partial charge in [0.15, 0.2) is 6.26 Å². The molecule has 0 unspecified atom stereocenters. The number of hydrogen-bond acceptors (Lipinski definition) is 5. The highest BCUT2D eigenvalue weighted by atomic mass is 32.2. The first-order chi connectivity index (χ1) is 4.11. The normalized spacial score (nSPS) is 11.7. The van der Waals surface area contributed by atoms with Gasteiger partial charge in [0.1, 0.15) is 0 Å². The van der Waals surface area contributed by atoms with E-state index in [1.807, 2.05) is 0 Å². The van der Waals surface area contributed by atoms with Crippen LogP contribution in [0.3, 0.4) is 0 Å². The molecule has 1 N–H and O–H groups in total. The molecule has 0 fully saturated rings. The van der Waals surface area contributed by atoms with Gasteiger partial charge in [0.25, 0.3) is 0 Å². The molecule has 0 atom stereocenters. The van der Waals surface area contributed by atoms with E-state index in [0.717, 1.165) is 6.26 Å². The van der Waals surface area contributed by atoms with E-state index >= 15 is 0 Å². The molecular formula is C2H2N2O4S. The topological polar surface area (TPSA) is 93.3 Å². The van der Waals surface area contributed by atoms with Crippen molar-refractivity contribution in [2.45, 2.75) is 5.03 Å². The minimum Gasteiger partial charge on any atom is -0.344 e. The Morgan fingerprint density at radius 2 is 2.33 bits per heavy atom. The Labute approximate surface area is 50.2 Å². The quantitative estimate of drug-likeness (QED) is 0.533. The van der Waals surface area contributed by atoms with Gasteiger partial charge in [-0.1, -0.05) is 5.10 Å². The first kappa shape index (κ1) is 6.17. The zero-order valence-electron chi connectivity index (χ0n) is 4.05. The van der Waals surface area contributed by atoms with E-state index in [1.54, 1.807) is 0 Å². The predicted octanol–water partition coefficient (Wildman–Crippen LogP) is -0.684. The van der Waals surface area contributed by atoms with Crippen LogP contribution < -0.4 is 0 Å².